The molecule has 2 aliphatic rings. The molecule has 0 fully saturated rings. The molecule has 2 atom stereocenters. The molecule has 13 heteroatoms. The van der Waals surface area contributed by atoms with Crippen molar-refractivity contribution in [3.63, 3.8) is 0 Å². The van der Waals surface area contributed by atoms with Crippen molar-refractivity contribution in [1.82, 2.24) is 4.90 Å². The number of nitro benzene ring substituents is 1. The van der Waals surface area contributed by atoms with Crippen LogP contribution in [0, 0.1) is 10.1 Å². The topological polar surface area (TPSA) is 117 Å². The number of halogens is 3. The van der Waals surface area contributed by atoms with Gasteiger partial charge in [0.1, 0.15) is 11.3 Å². The molecule has 0 spiro atoms. The second-order valence-corrected chi connectivity index (χ2v) is 6.93. The number of nitrogens with zero attached hydrogens (tertiary/aromatic N) is 2. The maximum atomic E-state index is 14.7. The molecule has 10 nitrogen and oxygen atoms in total. The molecule has 0 aromatic heterocycles. The Labute approximate surface area is 191 Å². The van der Waals surface area contributed by atoms with Gasteiger partial charge in [0.25, 0.3) is 5.69 Å². The third-order valence-corrected chi connectivity index (χ3v) is 5.15. The van der Waals surface area contributed by atoms with Gasteiger partial charge in [-0.15, -0.1) is 0 Å². The number of carbonyl (C=O) groups excluding carboxylic acids is 2. The molecule has 2 aliphatic heterocycles. The van der Waals surface area contributed by atoms with Crippen molar-refractivity contribution in [2.75, 3.05) is 20.8 Å². The van der Waals surface area contributed by atoms with Gasteiger partial charge >= 0.3 is 18.1 Å². The van der Waals surface area contributed by atoms with E-state index in [1.165, 1.54) is 31.2 Å². The summed E-state index contributed by atoms with van der Waals surface area (Å²) in [5, 5.41) is 11.5. The van der Waals surface area contributed by atoms with Crippen LogP contribution in [0.2, 0.25) is 0 Å². The van der Waals surface area contributed by atoms with Gasteiger partial charge in [0, 0.05) is 17.8 Å². The molecule has 182 valence electrons. The number of fused-ring (bicyclic) bond motifs is 3. The highest BCUT2D eigenvalue weighted by Gasteiger charge is 2.65. The molecule has 1 aromatic carbocycles. The molecule has 0 aliphatic carbocycles. The molecule has 2 unspecified atom stereocenters. The lowest BCUT2D eigenvalue weighted by Crippen LogP contribution is -2.57. The molecule has 0 amide bonds. The molecular weight excluding hydrogens is 465 g/mol. The Bertz CT molecular complexity index is 1110. The minimum Gasteiger partial charge on any atom is -0.502 e. The quantitative estimate of drug-likeness (QED) is 0.259. The maximum Gasteiger partial charge on any atom is 0.425 e. The van der Waals surface area contributed by atoms with Gasteiger partial charge in [0.2, 0.25) is 5.60 Å². The van der Waals surface area contributed by atoms with Crippen molar-refractivity contribution in [2.24, 2.45) is 0 Å². The predicted molar refractivity (Wildman–Crippen MR) is 108 cm³/mol. The van der Waals surface area contributed by atoms with Crippen molar-refractivity contribution in [3.8, 4) is 0 Å². The van der Waals surface area contributed by atoms with Crippen molar-refractivity contribution in [2.45, 2.75) is 24.9 Å². The van der Waals surface area contributed by atoms with E-state index < -0.39 is 46.1 Å². The van der Waals surface area contributed by atoms with Crippen molar-refractivity contribution in [3.05, 3.63) is 69.2 Å². The average molecular weight is 484 g/mol. The number of hydrogen-bond acceptors (Lipinski definition) is 9. The van der Waals surface area contributed by atoms with E-state index in [4.69, 9.17) is 9.47 Å². The van der Waals surface area contributed by atoms with Crippen LogP contribution in [-0.4, -0.2) is 54.4 Å². The van der Waals surface area contributed by atoms with E-state index in [0.29, 0.717) is 12.3 Å². The normalized spacial score (nSPS) is 21.7. The fraction of sp³-hybridized carbons (Fsp3) is 0.333. The third-order valence-electron chi connectivity index (χ3n) is 5.15. The first kappa shape index (κ1) is 24.8. The SMILES string of the molecule is CCO/C=C/C1(C(F)(F)F)OC2c3cccc([N+](=O)[O-])c3C=CN2C(C(=O)OC)=C1C(=O)OC. The Morgan fingerprint density at radius 2 is 1.94 bits per heavy atom. The molecule has 0 bridgehead atoms. The van der Waals surface area contributed by atoms with Crippen LogP contribution < -0.4 is 0 Å². The first-order valence-corrected chi connectivity index (χ1v) is 9.73. The smallest absolute Gasteiger partial charge is 0.425 e. The van der Waals surface area contributed by atoms with E-state index in [0.717, 1.165) is 25.3 Å². The standard InChI is InChI=1S/C21H19F3N2O8/c1-4-33-11-9-20(21(22,23)24)15(18(27)31-2)16(19(28)32-3)25-10-8-12-13(17(25)34-20)6-5-7-14(12)26(29)30/h5-11,17H,4H2,1-3H3/b11-9+. The monoisotopic (exact) mass is 484 g/mol. The Balaban J connectivity index is 2.42. The van der Waals surface area contributed by atoms with E-state index in [1.807, 2.05) is 0 Å². The van der Waals surface area contributed by atoms with Crippen LogP contribution in [-0.2, 0) is 28.5 Å². The zero-order valence-corrected chi connectivity index (χ0v) is 18.1. The molecule has 2 heterocycles. The Morgan fingerprint density at radius 1 is 1.26 bits per heavy atom. The van der Waals surface area contributed by atoms with Gasteiger partial charge in [-0.3, -0.25) is 10.1 Å². The van der Waals surface area contributed by atoms with Gasteiger partial charge in [0.05, 0.1) is 37.6 Å². The van der Waals surface area contributed by atoms with Crippen LogP contribution in [0.3, 0.4) is 0 Å². The van der Waals surface area contributed by atoms with E-state index >= 15 is 0 Å². The highest BCUT2D eigenvalue weighted by molar-refractivity contribution is 6.02. The molecule has 34 heavy (non-hydrogen) atoms. The van der Waals surface area contributed by atoms with Crippen LogP contribution in [0.1, 0.15) is 24.3 Å². The third kappa shape index (κ3) is 3.87. The summed E-state index contributed by atoms with van der Waals surface area (Å²) < 4.78 is 63.7. The summed E-state index contributed by atoms with van der Waals surface area (Å²) in [6.45, 7) is 1.52. The van der Waals surface area contributed by atoms with Crippen molar-refractivity contribution >= 4 is 23.7 Å². The lowest BCUT2D eigenvalue weighted by Gasteiger charge is -2.47. The summed E-state index contributed by atoms with van der Waals surface area (Å²) in [6.07, 6.45) is -3.55. The van der Waals surface area contributed by atoms with Crippen LogP contribution in [0.5, 0.6) is 0 Å². The highest BCUT2D eigenvalue weighted by Crippen LogP contribution is 2.52. The van der Waals surface area contributed by atoms with E-state index in [-0.39, 0.29) is 23.4 Å². The Kier molecular flexibility index (Phi) is 6.68. The zero-order chi connectivity index (χ0) is 25.3. The lowest BCUT2D eigenvalue weighted by molar-refractivity contribution is -0.385. The number of nitro groups is 1. The molecule has 3 rings (SSSR count). The predicted octanol–water partition coefficient (Wildman–Crippen LogP) is 3.36. The minimum atomic E-state index is -5.31. The maximum absolute atomic E-state index is 14.7. The minimum absolute atomic E-state index is 0.00110. The van der Waals surface area contributed by atoms with Crippen molar-refractivity contribution < 1.29 is 46.6 Å². The fourth-order valence-electron chi connectivity index (χ4n) is 3.68. The van der Waals surface area contributed by atoms with Gasteiger partial charge in [-0.2, -0.15) is 13.2 Å². The number of ether oxygens (including phenoxy) is 4. The molecular formula is C21H19F3N2O8. The first-order valence-electron chi connectivity index (χ1n) is 9.73. The first-order chi connectivity index (χ1) is 16.0. The summed E-state index contributed by atoms with van der Waals surface area (Å²) in [5.41, 5.74) is -5.98. The van der Waals surface area contributed by atoms with E-state index in [2.05, 4.69) is 9.47 Å². The molecule has 1 aromatic rings. The van der Waals surface area contributed by atoms with Gasteiger partial charge in [-0.25, -0.2) is 9.59 Å². The van der Waals surface area contributed by atoms with Gasteiger partial charge in [0.15, 0.2) is 6.23 Å². The van der Waals surface area contributed by atoms with E-state index in [1.54, 1.807) is 0 Å². The highest BCUT2D eigenvalue weighted by atomic mass is 19.4. The molecule has 0 radical (unpaired) electrons. The number of hydrogen-bond donors (Lipinski definition) is 0. The fourth-order valence-corrected chi connectivity index (χ4v) is 3.68. The second kappa shape index (κ2) is 9.17. The Morgan fingerprint density at radius 3 is 2.50 bits per heavy atom. The summed E-state index contributed by atoms with van der Waals surface area (Å²) in [7, 11) is 1.76. The van der Waals surface area contributed by atoms with E-state index in [9.17, 15) is 32.9 Å². The number of benzene rings is 1. The number of methoxy groups -OCH3 is 2. The van der Waals surface area contributed by atoms with Gasteiger partial charge < -0.3 is 23.8 Å². The van der Waals surface area contributed by atoms with Crippen LogP contribution in [0.25, 0.3) is 6.08 Å². The summed E-state index contributed by atoms with van der Waals surface area (Å²) in [5.74, 6) is -2.79. The molecule has 0 saturated carbocycles. The summed E-state index contributed by atoms with van der Waals surface area (Å²) in [4.78, 5) is 37.1. The summed E-state index contributed by atoms with van der Waals surface area (Å²) >= 11 is 0. The largest absolute Gasteiger partial charge is 0.502 e. The van der Waals surface area contributed by atoms with Crippen LogP contribution in [0.15, 0.2) is 48.0 Å². The Hall–Kier alpha value is -3.87. The van der Waals surface area contributed by atoms with Gasteiger partial charge in [-0.05, 0) is 19.1 Å². The number of esters is 2. The molecule has 0 N–H and O–H groups in total. The average Bonchev–Trinajstić information content (AvgIpc) is 2.80. The number of rotatable bonds is 6. The van der Waals surface area contributed by atoms with Crippen molar-refractivity contribution in [1.29, 1.82) is 0 Å². The number of carbonyl (C=O) groups is 2. The molecule has 0 saturated heterocycles. The number of alkyl halides is 3. The lowest BCUT2D eigenvalue weighted by atomic mass is 9.86. The van der Waals surface area contributed by atoms with Crippen LogP contribution in [0.4, 0.5) is 18.9 Å². The second-order valence-electron chi connectivity index (χ2n) is 6.93. The zero-order valence-electron chi connectivity index (χ0n) is 18.1. The van der Waals surface area contributed by atoms with Gasteiger partial charge in [-0.1, -0.05) is 12.1 Å². The summed E-state index contributed by atoms with van der Waals surface area (Å²) in [6, 6.07) is 3.75. The van der Waals surface area contributed by atoms with Crippen LogP contribution >= 0.6 is 0 Å².